The highest BCUT2D eigenvalue weighted by molar-refractivity contribution is 5.58. The fourth-order valence-corrected chi connectivity index (χ4v) is 13.1. The van der Waals surface area contributed by atoms with Crippen molar-refractivity contribution in [3.8, 4) is 28.7 Å². The smallest absolute Gasteiger partial charge is 0.167 e. The molecule has 1 aliphatic heterocycles. The first-order valence-electron chi connectivity index (χ1n) is 47.6. The molecule has 0 spiro atoms. The molecule has 0 saturated carbocycles. The van der Waals surface area contributed by atoms with Crippen molar-refractivity contribution in [1.29, 1.82) is 0 Å². The van der Waals surface area contributed by atoms with E-state index in [0.29, 0.717) is 81.5 Å². The molecule has 146 heavy (non-hydrogen) atoms. The maximum absolute atomic E-state index is 5.55. The normalized spacial score (nSPS) is 11.4. The molecular weight excluding hydrogens is 1820 g/mol. The highest BCUT2D eigenvalue weighted by Gasteiger charge is 2.26. The maximum Gasteiger partial charge on any atom is 0.167 e. The molecule has 1 saturated heterocycles. The minimum absolute atomic E-state index is 0.422. The van der Waals surface area contributed by atoms with E-state index >= 15 is 0 Å². The fraction of sp³-hybridized carbons (Fsp3) is 0.167. The first-order valence-corrected chi connectivity index (χ1v) is 47.6. The van der Waals surface area contributed by atoms with E-state index in [4.69, 9.17) is 34.3 Å². The van der Waals surface area contributed by atoms with Gasteiger partial charge in [0.1, 0.15) is 86.1 Å². The zero-order valence-electron chi connectivity index (χ0n) is 83.0. The van der Waals surface area contributed by atoms with Crippen molar-refractivity contribution in [2.24, 2.45) is 77.6 Å². The molecular formula is C120H131N18O8+. The minimum atomic E-state index is 0.422. The van der Waals surface area contributed by atoms with Crippen molar-refractivity contribution >= 4 is 85.3 Å². The number of azo groups is 6. The van der Waals surface area contributed by atoms with Crippen LogP contribution in [0.5, 0.6) is 28.7 Å². The number of piperidine rings is 1. The second-order valence-electron chi connectivity index (χ2n) is 31.4. The number of anilines is 1. The Balaban J connectivity index is 0.000000209. The summed E-state index contributed by atoms with van der Waals surface area (Å²) in [6.07, 6.45) is 25.3. The number of nitrogens with two attached hydrogens (primary N) is 1. The van der Waals surface area contributed by atoms with Crippen molar-refractivity contribution < 1.29 is 38.3 Å². The van der Waals surface area contributed by atoms with E-state index in [9.17, 15) is 0 Å². The first kappa shape index (κ1) is 114. The molecule has 2 N–H and O–H groups in total. The van der Waals surface area contributed by atoms with Crippen LogP contribution in [-0.2, 0) is 27.3 Å². The number of benzene rings is 13. The number of hydrogen-bond acceptors (Lipinski definition) is 24. The highest BCUT2D eigenvalue weighted by Crippen LogP contribution is 2.35. The van der Waals surface area contributed by atoms with Gasteiger partial charge in [0.05, 0.1) is 89.0 Å². The third kappa shape index (κ3) is 45.9. The number of hydrogen-bond donors (Lipinski definition) is 1. The molecule has 13 aromatic carbocycles. The molecule has 0 aliphatic carbocycles. The number of para-hydroxylation sites is 2. The van der Waals surface area contributed by atoms with Gasteiger partial charge in [-0.1, -0.05) is 226 Å². The second kappa shape index (κ2) is 71.1. The zero-order valence-corrected chi connectivity index (χ0v) is 83.0. The Morgan fingerprint density at radius 2 is 0.562 bits per heavy atom. The van der Waals surface area contributed by atoms with Crippen molar-refractivity contribution in [1.82, 2.24) is 9.49 Å². The lowest BCUT2D eigenvalue weighted by Gasteiger charge is -2.35. The monoisotopic (exact) mass is 1950 g/mol. The van der Waals surface area contributed by atoms with Crippen molar-refractivity contribution in [3.05, 3.63) is 490 Å². The summed E-state index contributed by atoms with van der Waals surface area (Å²) in [5.74, 6) is 8.20. The predicted octanol–water partition coefficient (Wildman–Crippen LogP) is 33.8. The number of rotatable bonds is 50. The largest absolute Gasteiger partial charge is 0.490 e. The van der Waals surface area contributed by atoms with Gasteiger partial charge >= 0.3 is 0 Å². The van der Waals surface area contributed by atoms with E-state index in [-0.39, 0.29) is 0 Å². The van der Waals surface area contributed by atoms with Crippen LogP contribution >= 0.6 is 0 Å². The van der Waals surface area contributed by atoms with Crippen LogP contribution in [-0.4, -0.2) is 104 Å². The van der Waals surface area contributed by atoms with E-state index in [2.05, 4.69) is 195 Å². The average Bonchev–Trinajstić information content (AvgIpc) is 0.808. The van der Waals surface area contributed by atoms with Gasteiger partial charge in [-0.3, -0.25) is 9.49 Å². The van der Waals surface area contributed by atoms with Crippen LogP contribution in [0.15, 0.2) is 551 Å². The van der Waals surface area contributed by atoms with Crippen molar-refractivity contribution in [2.45, 2.75) is 32.1 Å². The Labute approximate surface area is 860 Å². The summed E-state index contributed by atoms with van der Waals surface area (Å²) in [7, 11) is 0. The molecule has 0 aromatic heterocycles. The van der Waals surface area contributed by atoms with E-state index in [1.807, 2.05) is 314 Å². The standard InChI is InChI=1S/C22H26N2O2.C21H24N3.C18H19N3.2C18H18N2O2.C12H10N2.C11H16N4O2/c1-3-15-25-17-13-19-5-9-21(10-6-19)23-24-22-11-7-20(8-12-22)14-18-26-16-4-2;1-4-16-24(17-5-2,18-6-3)21-14-12-20(13-15-21)23-22-19-10-8-7-9-11-19;1-3-14-21(15-4-2)18-12-10-17(11-13-18)20-19-16-8-6-5-7-9-16;1-3-13-21-17-9-5-15(6-10-17)19-20-16-7-11-18(12-8-16)22-14-4-2;1-3-13-21-17-11-7-5-9-15(17)19-20-16-10-6-8-12-18(16)22-14-4-2;1-3-7-11(8-4-1)13-14-12-9-5-2-6-10-12;12-17-16-11-6-4-10(5-7-11)13-14-15-8-2-1-3-9-15/h3-12H,1-2,13-18H2;4-15H,1-3,16-18H2;3-13H,1-2,14-15H2;2*3-12H,1-2,13-14H2;1-10H;4-7H,1-3,8-9,12H2/q;+1;;;;;. The summed E-state index contributed by atoms with van der Waals surface area (Å²) in [4.78, 5) is 10.9. The Hall–Kier alpha value is -17.4. The lowest BCUT2D eigenvalue weighted by Crippen LogP contribution is -2.49. The molecule has 13 aromatic rings. The van der Waals surface area contributed by atoms with Gasteiger partial charge < -0.3 is 38.2 Å². The Morgan fingerprint density at radius 3 is 0.884 bits per heavy atom. The molecule has 0 unspecified atom stereocenters. The quantitative estimate of drug-likeness (QED) is 0.00934. The molecule has 0 atom stereocenters. The Morgan fingerprint density at radius 1 is 0.274 bits per heavy atom. The van der Waals surface area contributed by atoms with Crippen LogP contribution in [0.1, 0.15) is 30.4 Å². The van der Waals surface area contributed by atoms with Crippen molar-refractivity contribution in [3.63, 3.8) is 0 Å². The van der Waals surface area contributed by atoms with E-state index < -0.39 is 0 Å². The maximum atomic E-state index is 5.55. The summed E-state index contributed by atoms with van der Waals surface area (Å²) in [5, 5.41) is 61.0. The van der Waals surface area contributed by atoms with Gasteiger partial charge in [0.2, 0.25) is 0 Å². The lowest BCUT2D eigenvalue weighted by atomic mass is 10.1. The Bertz CT molecular complexity index is 5920. The molecule has 1 aliphatic rings. The predicted molar refractivity (Wildman–Crippen MR) is 596 cm³/mol. The van der Waals surface area contributed by atoms with Gasteiger partial charge in [-0.2, -0.15) is 57.0 Å². The topological polar surface area (TPSA) is 279 Å². The van der Waals surface area contributed by atoms with Gasteiger partial charge in [0, 0.05) is 44.0 Å². The van der Waals surface area contributed by atoms with E-state index in [0.717, 1.165) is 143 Å². The van der Waals surface area contributed by atoms with Gasteiger partial charge in [0.25, 0.3) is 0 Å². The van der Waals surface area contributed by atoms with Crippen LogP contribution < -0.4 is 39.1 Å². The summed E-state index contributed by atoms with van der Waals surface area (Å²) in [6, 6.07) is 108. The first-order chi connectivity index (χ1) is 71.9. The van der Waals surface area contributed by atoms with Gasteiger partial charge in [-0.25, -0.2) is 0 Å². The lowest BCUT2D eigenvalue weighted by molar-refractivity contribution is -0.211. The van der Waals surface area contributed by atoms with E-state index in [1.165, 1.54) is 36.1 Å². The van der Waals surface area contributed by atoms with Gasteiger partial charge in [0.15, 0.2) is 5.75 Å². The molecule has 0 amide bonds. The zero-order chi connectivity index (χ0) is 103. The van der Waals surface area contributed by atoms with E-state index in [1.54, 1.807) is 60.7 Å². The molecule has 26 heteroatoms. The number of quaternary nitrogens is 1. The van der Waals surface area contributed by atoms with Crippen LogP contribution in [0.2, 0.25) is 0 Å². The molecule has 748 valence electrons. The second-order valence-corrected chi connectivity index (χ2v) is 31.4. The Kier molecular flexibility index (Phi) is 55.5. The van der Waals surface area contributed by atoms with Gasteiger partial charge in [-0.15, -0.1) is 41.7 Å². The summed E-state index contributed by atoms with van der Waals surface area (Å²) < 4.78 is 33.4. The number of ether oxygens (including phenoxy) is 6. The third-order valence-corrected chi connectivity index (χ3v) is 20.3. The summed E-state index contributed by atoms with van der Waals surface area (Å²) >= 11 is 0. The summed E-state index contributed by atoms with van der Waals surface area (Å²) in [6.45, 7) is 51.4. The average molecular weight is 1950 g/mol. The fourth-order valence-electron chi connectivity index (χ4n) is 13.1. The minimum Gasteiger partial charge on any atom is -0.490 e. The highest BCUT2D eigenvalue weighted by atomic mass is 17.3. The SMILES string of the molecule is C=CCN(CC=C)c1ccc(N=Nc2ccccc2)cc1.C=CCOCCc1ccc(N=Nc2ccc(CCOCC=C)cc2)cc1.C=CCOc1ccc(N=Nc2ccc(OCC=C)cc2)cc1.C=CCOc1ccccc1N=Nc1ccccc1OCC=C.C=CC[N+](CC=C)(CC=C)c1ccc(N=Nc2ccccc2)cc1.NOOc1ccc(N=NN2CCCCC2)cc1.c1ccc(N=Nc2ccccc2)cc1. The molecule has 1 heterocycles. The van der Waals surface area contributed by atoms with Crippen LogP contribution in [0.4, 0.5) is 85.3 Å². The molecule has 26 nitrogen and oxygen atoms in total. The molecule has 0 bridgehead atoms. The van der Waals surface area contributed by atoms with Crippen molar-refractivity contribution in [2.75, 3.05) is 104 Å². The van der Waals surface area contributed by atoms with Crippen LogP contribution in [0.3, 0.4) is 0 Å². The number of nitrogens with zero attached hydrogens (tertiary/aromatic N) is 17. The molecule has 14 rings (SSSR count). The van der Waals surface area contributed by atoms with Gasteiger partial charge in [-0.05, 0) is 268 Å². The molecule has 1 fully saturated rings. The van der Waals surface area contributed by atoms with Crippen LogP contribution in [0.25, 0.3) is 0 Å². The third-order valence-electron chi connectivity index (χ3n) is 20.3. The van der Waals surface area contributed by atoms with Crippen LogP contribution in [0, 0.1) is 0 Å². The molecule has 0 radical (unpaired) electrons. The summed E-state index contributed by atoms with van der Waals surface area (Å²) in [5.41, 5.74) is 15.1.